The van der Waals surface area contributed by atoms with E-state index >= 15 is 0 Å². The maximum Gasteiger partial charge on any atom is 0.263 e. The van der Waals surface area contributed by atoms with E-state index in [-0.39, 0.29) is 5.91 Å². The number of thiazole rings is 2. The number of guanidine groups is 1. The van der Waals surface area contributed by atoms with Crippen LogP contribution in [0.3, 0.4) is 0 Å². The van der Waals surface area contributed by atoms with Crippen LogP contribution in [0.25, 0.3) is 0 Å². The highest BCUT2D eigenvalue weighted by Gasteiger charge is 2.11. The number of nitrogens with one attached hydrogen (secondary N) is 2. The first-order chi connectivity index (χ1) is 11.5. The van der Waals surface area contributed by atoms with Crippen LogP contribution in [0.2, 0.25) is 0 Å². The molecule has 0 fully saturated rings. The van der Waals surface area contributed by atoms with Crippen LogP contribution >= 0.6 is 22.7 Å². The van der Waals surface area contributed by atoms with Gasteiger partial charge in [0, 0.05) is 32.6 Å². The van der Waals surface area contributed by atoms with Gasteiger partial charge in [0.15, 0.2) is 5.96 Å². The van der Waals surface area contributed by atoms with Crippen LogP contribution < -0.4 is 10.6 Å². The lowest BCUT2D eigenvalue weighted by molar-refractivity contribution is 0.0957. The first-order valence-corrected chi connectivity index (χ1v) is 9.28. The lowest BCUT2D eigenvalue weighted by Crippen LogP contribution is -2.42. The first-order valence-electron chi connectivity index (χ1n) is 7.52. The normalized spacial score (nSPS) is 11.4. The molecule has 0 bridgehead atoms. The van der Waals surface area contributed by atoms with Crippen molar-refractivity contribution < 1.29 is 4.79 Å². The van der Waals surface area contributed by atoms with Crippen LogP contribution in [0.5, 0.6) is 0 Å². The van der Waals surface area contributed by atoms with Crippen LogP contribution in [-0.4, -0.2) is 53.9 Å². The lowest BCUT2D eigenvalue weighted by Gasteiger charge is -2.21. The Balaban J connectivity index is 1.75. The Kier molecular flexibility index (Phi) is 6.68. The van der Waals surface area contributed by atoms with E-state index < -0.39 is 0 Å². The van der Waals surface area contributed by atoms with Gasteiger partial charge in [0.2, 0.25) is 0 Å². The van der Waals surface area contributed by atoms with Gasteiger partial charge in [0.1, 0.15) is 4.88 Å². The van der Waals surface area contributed by atoms with E-state index in [0.717, 1.165) is 22.4 Å². The third-order valence-electron chi connectivity index (χ3n) is 3.28. The maximum atomic E-state index is 12.0. The zero-order chi connectivity index (χ0) is 17.5. The molecule has 0 saturated carbocycles. The molecule has 130 valence electrons. The van der Waals surface area contributed by atoms with E-state index in [1.807, 2.05) is 25.8 Å². The number of amides is 1. The quantitative estimate of drug-likeness (QED) is 0.461. The molecule has 0 aromatic carbocycles. The molecule has 0 atom stereocenters. The molecule has 24 heavy (non-hydrogen) atoms. The average Bonchev–Trinajstić information content (AvgIpc) is 3.15. The standard InChI is InChI=1S/C15H22N6OS2/c1-10-13(24-9-19-10)14(22)17-5-6-18-15(16-3)21(4)7-12-8-23-11(2)20-12/h8-9H,5-7H2,1-4H3,(H,16,18)(H,17,22). The van der Waals surface area contributed by atoms with Crippen molar-refractivity contribution >= 4 is 34.5 Å². The van der Waals surface area contributed by atoms with Gasteiger partial charge in [-0.1, -0.05) is 0 Å². The van der Waals surface area contributed by atoms with Crippen molar-refractivity contribution in [2.24, 2.45) is 4.99 Å². The van der Waals surface area contributed by atoms with E-state index in [0.29, 0.717) is 24.5 Å². The molecule has 1 amide bonds. The summed E-state index contributed by atoms with van der Waals surface area (Å²) in [5.41, 5.74) is 3.47. The number of hydrogen-bond acceptors (Lipinski definition) is 6. The van der Waals surface area contributed by atoms with Crippen molar-refractivity contribution in [1.82, 2.24) is 25.5 Å². The molecule has 0 spiro atoms. The number of rotatable bonds is 6. The molecule has 0 aliphatic rings. The number of hydrogen-bond donors (Lipinski definition) is 2. The van der Waals surface area contributed by atoms with E-state index in [9.17, 15) is 4.79 Å². The summed E-state index contributed by atoms with van der Waals surface area (Å²) in [6.07, 6.45) is 0. The van der Waals surface area contributed by atoms with Crippen LogP contribution in [0.4, 0.5) is 0 Å². The van der Waals surface area contributed by atoms with E-state index in [4.69, 9.17) is 0 Å². The Bertz CT molecular complexity index is 708. The molecule has 2 aromatic rings. The second-order valence-electron chi connectivity index (χ2n) is 5.21. The monoisotopic (exact) mass is 366 g/mol. The Morgan fingerprint density at radius 1 is 1.29 bits per heavy atom. The summed E-state index contributed by atoms with van der Waals surface area (Å²) in [4.78, 5) is 27.5. The van der Waals surface area contributed by atoms with Crippen LogP contribution in [0.1, 0.15) is 26.1 Å². The van der Waals surface area contributed by atoms with Crippen molar-refractivity contribution in [3.05, 3.63) is 32.2 Å². The smallest absolute Gasteiger partial charge is 0.263 e. The van der Waals surface area contributed by atoms with Crippen molar-refractivity contribution in [2.45, 2.75) is 20.4 Å². The number of carbonyl (C=O) groups is 1. The van der Waals surface area contributed by atoms with Crippen LogP contribution in [0, 0.1) is 13.8 Å². The lowest BCUT2D eigenvalue weighted by atomic mass is 10.4. The summed E-state index contributed by atoms with van der Waals surface area (Å²) in [5.74, 6) is 0.682. The number of carbonyl (C=O) groups excluding carboxylic acids is 1. The van der Waals surface area contributed by atoms with E-state index in [1.165, 1.54) is 11.3 Å². The minimum atomic E-state index is -0.0851. The molecule has 2 aromatic heterocycles. The third kappa shape index (κ3) is 5.00. The Hall–Kier alpha value is -2.00. The zero-order valence-corrected chi connectivity index (χ0v) is 15.9. The summed E-state index contributed by atoms with van der Waals surface area (Å²) < 4.78 is 0. The predicted molar refractivity (Wildman–Crippen MR) is 98.9 cm³/mol. The first kappa shape index (κ1) is 18.3. The maximum absolute atomic E-state index is 12.0. The van der Waals surface area contributed by atoms with Gasteiger partial charge >= 0.3 is 0 Å². The summed E-state index contributed by atoms with van der Waals surface area (Å²) in [7, 11) is 3.70. The van der Waals surface area contributed by atoms with Crippen molar-refractivity contribution in [3.8, 4) is 0 Å². The third-order valence-corrected chi connectivity index (χ3v) is 5.03. The summed E-state index contributed by atoms with van der Waals surface area (Å²) in [6, 6.07) is 0. The molecule has 2 rings (SSSR count). The topological polar surface area (TPSA) is 82.5 Å². The molecule has 0 aliphatic carbocycles. The highest BCUT2D eigenvalue weighted by molar-refractivity contribution is 7.11. The van der Waals surface area contributed by atoms with Crippen LogP contribution in [0.15, 0.2) is 15.9 Å². The molecule has 7 nitrogen and oxygen atoms in total. The van der Waals surface area contributed by atoms with Gasteiger partial charge in [-0.15, -0.1) is 22.7 Å². The number of nitrogens with zero attached hydrogens (tertiary/aromatic N) is 4. The fourth-order valence-corrected chi connectivity index (χ4v) is 3.46. The van der Waals surface area contributed by atoms with Gasteiger partial charge in [0.05, 0.1) is 28.5 Å². The molecule has 2 N–H and O–H groups in total. The summed E-state index contributed by atoms with van der Waals surface area (Å²) >= 11 is 2.99. The fourth-order valence-electron chi connectivity index (χ4n) is 2.13. The minimum Gasteiger partial charge on any atom is -0.354 e. The second kappa shape index (κ2) is 8.74. The minimum absolute atomic E-state index is 0.0851. The molecular weight excluding hydrogens is 344 g/mol. The van der Waals surface area contributed by atoms with Crippen molar-refractivity contribution in [2.75, 3.05) is 27.2 Å². The fraction of sp³-hybridized carbons (Fsp3) is 0.467. The van der Waals surface area contributed by atoms with Gasteiger partial charge in [-0.2, -0.15) is 0 Å². The molecule has 0 unspecified atom stereocenters. The molecule has 2 heterocycles. The van der Waals surface area contributed by atoms with Gasteiger partial charge in [-0.3, -0.25) is 9.79 Å². The Labute approximate surface area is 149 Å². The number of aryl methyl sites for hydroxylation is 2. The molecule has 0 saturated heterocycles. The molecular formula is C15H22N6OS2. The van der Waals surface area contributed by atoms with Gasteiger partial charge in [0.25, 0.3) is 5.91 Å². The highest BCUT2D eigenvalue weighted by atomic mass is 32.1. The summed E-state index contributed by atoms with van der Waals surface area (Å²) in [6.45, 7) is 5.63. The van der Waals surface area contributed by atoms with Crippen molar-refractivity contribution in [3.63, 3.8) is 0 Å². The zero-order valence-electron chi connectivity index (χ0n) is 14.3. The predicted octanol–water partition coefficient (Wildman–Crippen LogP) is 1.65. The van der Waals surface area contributed by atoms with Crippen molar-refractivity contribution in [1.29, 1.82) is 0 Å². The number of aliphatic imine (C=N–C) groups is 1. The summed E-state index contributed by atoms with van der Waals surface area (Å²) in [5, 5.41) is 9.23. The largest absolute Gasteiger partial charge is 0.354 e. The number of aromatic nitrogens is 2. The average molecular weight is 367 g/mol. The Morgan fingerprint density at radius 3 is 2.62 bits per heavy atom. The van der Waals surface area contributed by atoms with Gasteiger partial charge < -0.3 is 15.5 Å². The SMILES string of the molecule is CN=C(NCCNC(=O)c1scnc1C)N(C)Cc1csc(C)n1. The van der Waals surface area contributed by atoms with Gasteiger partial charge in [-0.25, -0.2) is 9.97 Å². The Morgan fingerprint density at radius 2 is 2.04 bits per heavy atom. The van der Waals surface area contributed by atoms with Crippen LogP contribution in [-0.2, 0) is 6.54 Å². The van der Waals surface area contributed by atoms with E-state index in [2.05, 4.69) is 31.0 Å². The highest BCUT2D eigenvalue weighted by Crippen LogP contribution is 2.11. The molecule has 0 radical (unpaired) electrons. The second-order valence-corrected chi connectivity index (χ2v) is 7.13. The molecule has 0 aliphatic heterocycles. The van der Waals surface area contributed by atoms with Gasteiger partial charge in [-0.05, 0) is 13.8 Å². The molecule has 9 heteroatoms. The van der Waals surface area contributed by atoms with E-state index in [1.54, 1.807) is 23.9 Å².